The van der Waals surface area contributed by atoms with Crippen LogP contribution in [0.25, 0.3) is 11.0 Å². The van der Waals surface area contributed by atoms with Gasteiger partial charge in [-0.1, -0.05) is 56.7 Å². The van der Waals surface area contributed by atoms with Crippen LogP contribution in [0.5, 0.6) is 11.5 Å². The van der Waals surface area contributed by atoms with E-state index in [9.17, 15) is 4.79 Å². The van der Waals surface area contributed by atoms with Crippen LogP contribution in [-0.4, -0.2) is 35.7 Å². The molecule has 0 aliphatic carbocycles. The fraction of sp³-hybridized carbons (Fsp3) is 0.412. The van der Waals surface area contributed by atoms with E-state index in [1.165, 1.54) is 16.6 Å². The number of carbonyl (C=O) groups is 1. The summed E-state index contributed by atoms with van der Waals surface area (Å²) in [5.74, 6) is 3.42. The zero-order valence-corrected chi connectivity index (χ0v) is 24.4. The predicted molar refractivity (Wildman–Crippen MR) is 162 cm³/mol. The Bertz CT molecular complexity index is 1380. The van der Waals surface area contributed by atoms with Crippen molar-refractivity contribution in [1.29, 1.82) is 0 Å². The van der Waals surface area contributed by atoms with E-state index < -0.39 is 0 Å². The first-order chi connectivity index (χ1) is 19.4. The molecule has 4 rings (SSSR count). The second-order valence-corrected chi connectivity index (χ2v) is 10.8. The Hall–Kier alpha value is -3.80. The summed E-state index contributed by atoms with van der Waals surface area (Å²) in [7, 11) is 1.64. The number of carbonyl (C=O) groups excluding carboxylic acids is 1. The SMILES string of the molecule is COc1ccc(CC(=O)NCCCCCc2nc3ccccc3n2CCCOc2cc(C)ccc2C(C)C)cc1. The Kier molecular flexibility index (Phi) is 10.6. The highest BCUT2D eigenvalue weighted by Gasteiger charge is 2.12. The quantitative estimate of drug-likeness (QED) is 0.164. The third-order valence-electron chi connectivity index (χ3n) is 7.23. The second-order valence-electron chi connectivity index (χ2n) is 10.8. The number of benzene rings is 3. The van der Waals surface area contributed by atoms with E-state index in [1.54, 1.807) is 7.11 Å². The molecule has 0 radical (unpaired) electrons. The molecular weight excluding hydrogens is 498 g/mol. The summed E-state index contributed by atoms with van der Waals surface area (Å²) in [5.41, 5.74) is 5.70. The molecule has 3 aromatic carbocycles. The summed E-state index contributed by atoms with van der Waals surface area (Å²) < 4.78 is 13.8. The number of rotatable bonds is 15. The molecule has 40 heavy (non-hydrogen) atoms. The maximum Gasteiger partial charge on any atom is 0.224 e. The number of fused-ring (bicyclic) bond motifs is 1. The molecule has 0 saturated carbocycles. The van der Waals surface area contributed by atoms with Crippen LogP contribution in [0.2, 0.25) is 0 Å². The van der Waals surface area contributed by atoms with Crippen molar-refractivity contribution in [3.05, 3.63) is 89.2 Å². The van der Waals surface area contributed by atoms with Crippen LogP contribution >= 0.6 is 0 Å². The van der Waals surface area contributed by atoms with Crippen LogP contribution in [-0.2, 0) is 24.2 Å². The highest BCUT2D eigenvalue weighted by molar-refractivity contribution is 5.78. The number of aryl methyl sites for hydroxylation is 3. The smallest absolute Gasteiger partial charge is 0.224 e. The van der Waals surface area contributed by atoms with Crippen LogP contribution in [0.15, 0.2) is 66.7 Å². The average Bonchev–Trinajstić information content (AvgIpc) is 3.30. The fourth-order valence-electron chi connectivity index (χ4n) is 5.02. The molecule has 0 saturated heterocycles. The third-order valence-corrected chi connectivity index (χ3v) is 7.23. The van der Waals surface area contributed by atoms with Gasteiger partial charge in [-0.05, 0) is 79.1 Å². The van der Waals surface area contributed by atoms with Crippen molar-refractivity contribution in [3.63, 3.8) is 0 Å². The van der Waals surface area contributed by atoms with Crippen molar-refractivity contribution in [3.8, 4) is 11.5 Å². The second kappa shape index (κ2) is 14.5. The van der Waals surface area contributed by atoms with Gasteiger partial charge in [0.25, 0.3) is 0 Å². The average molecular weight is 542 g/mol. The summed E-state index contributed by atoms with van der Waals surface area (Å²) in [6.45, 7) is 8.76. The van der Waals surface area contributed by atoms with Gasteiger partial charge in [0.1, 0.15) is 17.3 Å². The molecule has 6 nitrogen and oxygen atoms in total. The van der Waals surface area contributed by atoms with Crippen molar-refractivity contribution in [2.24, 2.45) is 0 Å². The molecule has 6 heteroatoms. The Labute approximate surface area is 238 Å². The van der Waals surface area contributed by atoms with Gasteiger partial charge in [-0.15, -0.1) is 0 Å². The molecular formula is C34H43N3O3. The third kappa shape index (κ3) is 8.10. The number of nitrogens with zero attached hydrogens (tertiary/aromatic N) is 2. The summed E-state index contributed by atoms with van der Waals surface area (Å²) in [5, 5.41) is 3.05. The minimum Gasteiger partial charge on any atom is -0.497 e. The molecule has 1 N–H and O–H groups in total. The number of amides is 1. The standard InChI is InChI=1S/C34H43N3O3/c1-25(2)29-19-14-26(3)23-32(29)40-22-10-21-37-31-12-8-7-11-30(31)36-33(37)13-6-5-9-20-35-34(38)24-27-15-17-28(39-4)18-16-27/h7-8,11-12,14-19,23,25H,5-6,9-10,13,20-22,24H2,1-4H3,(H,35,38). The molecule has 0 fully saturated rings. The van der Waals surface area contributed by atoms with E-state index in [0.29, 0.717) is 25.5 Å². The van der Waals surface area contributed by atoms with Gasteiger partial charge in [0, 0.05) is 19.5 Å². The minimum atomic E-state index is 0.0559. The zero-order valence-electron chi connectivity index (χ0n) is 24.4. The van der Waals surface area contributed by atoms with Crippen molar-refractivity contribution in [2.75, 3.05) is 20.3 Å². The number of unbranched alkanes of at least 4 members (excludes halogenated alkanes) is 2. The van der Waals surface area contributed by atoms with E-state index in [-0.39, 0.29) is 5.91 Å². The number of hydrogen-bond donors (Lipinski definition) is 1. The van der Waals surface area contributed by atoms with Crippen molar-refractivity contribution in [2.45, 2.75) is 71.8 Å². The molecule has 1 amide bonds. The van der Waals surface area contributed by atoms with Gasteiger partial charge in [0.05, 0.1) is 31.2 Å². The molecule has 0 aliphatic rings. The van der Waals surface area contributed by atoms with E-state index in [0.717, 1.165) is 67.1 Å². The Morgan fingerprint density at radius 2 is 1.77 bits per heavy atom. The van der Waals surface area contributed by atoms with Crippen LogP contribution in [0.3, 0.4) is 0 Å². The van der Waals surface area contributed by atoms with Gasteiger partial charge in [0.15, 0.2) is 0 Å². The van der Waals surface area contributed by atoms with Crippen LogP contribution in [0.4, 0.5) is 0 Å². The summed E-state index contributed by atoms with van der Waals surface area (Å²) in [6.07, 6.45) is 5.26. The number of para-hydroxylation sites is 2. The van der Waals surface area contributed by atoms with Crippen molar-refractivity contribution in [1.82, 2.24) is 14.9 Å². The largest absolute Gasteiger partial charge is 0.497 e. The molecule has 212 valence electrons. The summed E-state index contributed by atoms with van der Waals surface area (Å²) >= 11 is 0. The lowest BCUT2D eigenvalue weighted by atomic mass is 10.0. The molecule has 0 unspecified atom stereocenters. The Morgan fingerprint density at radius 3 is 2.55 bits per heavy atom. The van der Waals surface area contributed by atoms with E-state index >= 15 is 0 Å². The highest BCUT2D eigenvalue weighted by Crippen LogP contribution is 2.28. The molecule has 0 aliphatic heterocycles. The number of methoxy groups -OCH3 is 1. The van der Waals surface area contributed by atoms with Crippen molar-refractivity contribution < 1.29 is 14.3 Å². The normalized spacial score (nSPS) is 11.2. The lowest BCUT2D eigenvalue weighted by Crippen LogP contribution is -2.26. The first-order valence-electron chi connectivity index (χ1n) is 14.5. The lowest BCUT2D eigenvalue weighted by molar-refractivity contribution is -0.120. The summed E-state index contributed by atoms with van der Waals surface area (Å²) in [6, 6.07) is 22.5. The molecule has 4 aromatic rings. The topological polar surface area (TPSA) is 65.4 Å². The molecule has 1 aromatic heterocycles. The van der Waals surface area contributed by atoms with Gasteiger partial charge in [0.2, 0.25) is 5.91 Å². The fourth-order valence-corrected chi connectivity index (χ4v) is 5.02. The molecule has 0 spiro atoms. The number of aromatic nitrogens is 2. The maximum absolute atomic E-state index is 12.3. The summed E-state index contributed by atoms with van der Waals surface area (Å²) in [4.78, 5) is 17.2. The maximum atomic E-state index is 12.3. The number of nitrogens with one attached hydrogen (secondary N) is 1. The highest BCUT2D eigenvalue weighted by atomic mass is 16.5. The number of hydrogen-bond acceptors (Lipinski definition) is 4. The molecule has 0 atom stereocenters. The van der Waals surface area contributed by atoms with E-state index in [2.05, 4.69) is 67.1 Å². The van der Waals surface area contributed by atoms with E-state index in [4.69, 9.17) is 14.5 Å². The lowest BCUT2D eigenvalue weighted by Gasteiger charge is -2.15. The van der Waals surface area contributed by atoms with Crippen LogP contribution < -0.4 is 14.8 Å². The van der Waals surface area contributed by atoms with Gasteiger partial charge >= 0.3 is 0 Å². The monoisotopic (exact) mass is 541 g/mol. The van der Waals surface area contributed by atoms with Gasteiger partial charge in [-0.25, -0.2) is 4.98 Å². The molecule has 1 heterocycles. The van der Waals surface area contributed by atoms with Gasteiger partial charge in [-0.2, -0.15) is 0 Å². The van der Waals surface area contributed by atoms with Crippen molar-refractivity contribution >= 4 is 16.9 Å². The zero-order chi connectivity index (χ0) is 28.3. The predicted octanol–water partition coefficient (Wildman–Crippen LogP) is 7.02. The molecule has 0 bridgehead atoms. The Balaban J connectivity index is 1.23. The Morgan fingerprint density at radius 1 is 0.975 bits per heavy atom. The van der Waals surface area contributed by atoms with Gasteiger partial charge in [-0.3, -0.25) is 4.79 Å². The number of imidazole rings is 1. The minimum absolute atomic E-state index is 0.0559. The van der Waals surface area contributed by atoms with Gasteiger partial charge < -0.3 is 19.4 Å². The van der Waals surface area contributed by atoms with E-state index in [1.807, 2.05) is 30.3 Å². The van der Waals surface area contributed by atoms with Crippen LogP contribution in [0, 0.1) is 6.92 Å². The first kappa shape index (κ1) is 29.2. The van der Waals surface area contributed by atoms with Crippen LogP contribution in [0.1, 0.15) is 68.0 Å². The number of ether oxygens (including phenoxy) is 2. The first-order valence-corrected chi connectivity index (χ1v) is 14.5.